The summed E-state index contributed by atoms with van der Waals surface area (Å²) >= 11 is 5.24. The van der Waals surface area contributed by atoms with Crippen LogP contribution in [0, 0.1) is 14.8 Å². The van der Waals surface area contributed by atoms with Crippen LogP contribution in [0.2, 0.25) is 0 Å². The van der Waals surface area contributed by atoms with Crippen molar-refractivity contribution in [3.8, 4) is 11.4 Å². The Morgan fingerprint density at radius 1 is 1.36 bits per heavy atom. The van der Waals surface area contributed by atoms with E-state index >= 15 is 0 Å². The summed E-state index contributed by atoms with van der Waals surface area (Å²) in [6.45, 7) is 0.369. The van der Waals surface area contributed by atoms with E-state index in [1.165, 1.54) is 16.9 Å². The van der Waals surface area contributed by atoms with Crippen LogP contribution in [0.4, 0.5) is 5.69 Å². The van der Waals surface area contributed by atoms with Crippen molar-refractivity contribution < 1.29 is 4.92 Å². The van der Waals surface area contributed by atoms with Crippen LogP contribution >= 0.6 is 12.2 Å². The molecule has 0 saturated heterocycles. The zero-order chi connectivity index (χ0) is 15.7. The first-order valence-corrected chi connectivity index (χ1v) is 6.71. The van der Waals surface area contributed by atoms with E-state index in [1.807, 2.05) is 0 Å². The fourth-order valence-electron chi connectivity index (χ4n) is 1.93. The minimum absolute atomic E-state index is 0.0477. The standard InChI is InChI=1S/C12H11N7O2S/c1-17-12(22)10(6-13-17)11-14-16-18(15-11)7-8-2-4-9(5-3-8)19(20)21/h2-6,13H,7H2,1H3. The minimum atomic E-state index is -0.438. The second-order valence-electron chi connectivity index (χ2n) is 4.62. The largest absolute Gasteiger partial charge is 0.304 e. The number of nitrogens with zero attached hydrogens (tertiary/aromatic N) is 6. The molecule has 10 heteroatoms. The average molecular weight is 317 g/mol. The van der Waals surface area contributed by atoms with Crippen LogP contribution in [-0.2, 0) is 13.6 Å². The molecule has 0 unspecified atom stereocenters. The molecule has 0 saturated carbocycles. The normalized spacial score (nSPS) is 10.8. The number of aromatic nitrogens is 6. The van der Waals surface area contributed by atoms with Crippen molar-refractivity contribution in [1.82, 2.24) is 30.0 Å². The number of rotatable bonds is 4. The fraction of sp³-hybridized carbons (Fsp3) is 0.167. The highest BCUT2D eigenvalue weighted by Crippen LogP contribution is 2.15. The molecular formula is C12H11N7O2S. The van der Waals surface area contributed by atoms with Gasteiger partial charge in [0.15, 0.2) is 0 Å². The summed E-state index contributed by atoms with van der Waals surface area (Å²) in [5.74, 6) is 0.434. The number of nitro benzene ring substituents is 1. The first-order valence-electron chi connectivity index (χ1n) is 6.30. The Morgan fingerprint density at radius 3 is 2.68 bits per heavy atom. The molecule has 112 valence electrons. The number of nitro groups is 1. The molecule has 3 aromatic rings. The van der Waals surface area contributed by atoms with Gasteiger partial charge in [-0.25, -0.2) is 0 Å². The maximum absolute atomic E-state index is 10.6. The van der Waals surface area contributed by atoms with Crippen molar-refractivity contribution in [2.75, 3.05) is 0 Å². The molecule has 0 atom stereocenters. The highest BCUT2D eigenvalue weighted by atomic mass is 32.1. The summed E-state index contributed by atoms with van der Waals surface area (Å²) in [5.41, 5.74) is 1.59. The summed E-state index contributed by atoms with van der Waals surface area (Å²) in [5, 5.41) is 25.8. The van der Waals surface area contributed by atoms with Crippen LogP contribution in [0.3, 0.4) is 0 Å². The van der Waals surface area contributed by atoms with E-state index in [2.05, 4.69) is 20.5 Å². The van der Waals surface area contributed by atoms with Gasteiger partial charge in [-0.1, -0.05) is 24.4 Å². The number of hydrogen-bond acceptors (Lipinski definition) is 6. The monoisotopic (exact) mass is 317 g/mol. The molecule has 1 aromatic carbocycles. The lowest BCUT2D eigenvalue weighted by molar-refractivity contribution is -0.384. The van der Waals surface area contributed by atoms with Gasteiger partial charge in [0.25, 0.3) is 5.69 Å². The van der Waals surface area contributed by atoms with Gasteiger partial charge < -0.3 is 5.10 Å². The molecule has 22 heavy (non-hydrogen) atoms. The summed E-state index contributed by atoms with van der Waals surface area (Å²) in [7, 11) is 1.80. The number of tetrazole rings is 1. The summed E-state index contributed by atoms with van der Waals surface area (Å²) in [4.78, 5) is 11.6. The van der Waals surface area contributed by atoms with Crippen LogP contribution in [0.5, 0.6) is 0 Å². The van der Waals surface area contributed by atoms with E-state index in [-0.39, 0.29) is 5.69 Å². The number of H-pyrrole nitrogens is 1. The van der Waals surface area contributed by atoms with Gasteiger partial charge in [0.1, 0.15) is 4.64 Å². The van der Waals surface area contributed by atoms with Crippen molar-refractivity contribution >= 4 is 17.9 Å². The number of non-ortho nitro benzene ring substituents is 1. The lowest BCUT2D eigenvalue weighted by atomic mass is 10.2. The average Bonchev–Trinajstić information content (AvgIpc) is 3.08. The van der Waals surface area contributed by atoms with Gasteiger partial charge in [-0.2, -0.15) is 4.80 Å². The molecule has 3 rings (SSSR count). The maximum Gasteiger partial charge on any atom is 0.269 e. The van der Waals surface area contributed by atoms with E-state index < -0.39 is 4.92 Å². The van der Waals surface area contributed by atoms with Crippen molar-refractivity contribution in [3.63, 3.8) is 0 Å². The molecule has 2 aromatic heterocycles. The minimum Gasteiger partial charge on any atom is -0.304 e. The second-order valence-corrected chi connectivity index (χ2v) is 5.00. The predicted molar refractivity (Wildman–Crippen MR) is 79.6 cm³/mol. The molecule has 1 N–H and O–H groups in total. The molecule has 2 heterocycles. The zero-order valence-electron chi connectivity index (χ0n) is 11.5. The van der Waals surface area contributed by atoms with Crippen molar-refractivity contribution in [2.45, 2.75) is 6.54 Å². The third-order valence-electron chi connectivity index (χ3n) is 3.10. The number of aryl methyl sites for hydroxylation is 1. The number of hydrogen-bond donors (Lipinski definition) is 1. The summed E-state index contributed by atoms with van der Waals surface area (Å²) in [6.07, 6.45) is 1.72. The zero-order valence-corrected chi connectivity index (χ0v) is 12.3. The topological polar surface area (TPSA) is 107 Å². The highest BCUT2D eigenvalue weighted by Gasteiger charge is 2.11. The third kappa shape index (κ3) is 2.63. The SMILES string of the molecule is Cn1[nH]cc(-c2nnn(Cc3ccc([N+](=O)[O-])cc3)n2)c1=S. The molecule has 0 aliphatic rings. The molecule has 0 fully saturated rings. The van der Waals surface area contributed by atoms with Crippen LogP contribution in [0.15, 0.2) is 30.5 Å². The molecule has 0 aliphatic heterocycles. The van der Waals surface area contributed by atoms with E-state index in [9.17, 15) is 10.1 Å². The second kappa shape index (κ2) is 5.48. The Morgan fingerprint density at radius 2 is 2.09 bits per heavy atom. The maximum atomic E-state index is 10.6. The number of benzene rings is 1. The van der Waals surface area contributed by atoms with Crippen LogP contribution < -0.4 is 0 Å². The fourth-order valence-corrected chi connectivity index (χ4v) is 2.13. The van der Waals surface area contributed by atoms with E-state index in [0.29, 0.717) is 22.6 Å². The predicted octanol–water partition coefficient (Wildman–Crippen LogP) is 1.69. The lowest BCUT2D eigenvalue weighted by Crippen LogP contribution is -2.04. The quantitative estimate of drug-likeness (QED) is 0.446. The van der Waals surface area contributed by atoms with E-state index in [0.717, 1.165) is 5.56 Å². The molecule has 0 aliphatic carbocycles. The van der Waals surface area contributed by atoms with Gasteiger partial charge in [-0.05, 0) is 10.8 Å². The Kier molecular flexibility index (Phi) is 3.51. The molecule has 0 spiro atoms. The number of aromatic amines is 1. The summed E-state index contributed by atoms with van der Waals surface area (Å²) in [6, 6.07) is 6.22. The van der Waals surface area contributed by atoms with Gasteiger partial charge in [0, 0.05) is 25.4 Å². The van der Waals surface area contributed by atoms with Gasteiger partial charge in [-0.3, -0.25) is 14.8 Å². The number of nitrogens with one attached hydrogen (secondary N) is 1. The Labute approximate surface area is 129 Å². The smallest absolute Gasteiger partial charge is 0.269 e. The Balaban J connectivity index is 1.81. The van der Waals surface area contributed by atoms with Crippen molar-refractivity contribution in [2.24, 2.45) is 7.05 Å². The van der Waals surface area contributed by atoms with E-state index in [4.69, 9.17) is 12.2 Å². The molecule has 0 amide bonds. The van der Waals surface area contributed by atoms with Gasteiger partial charge >= 0.3 is 0 Å². The van der Waals surface area contributed by atoms with Gasteiger partial charge in [0.05, 0.1) is 17.0 Å². The molecular weight excluding hydrogens is 306 g/mol. The molecule has 0 radical (unpaired) electrons. The van der Waals surface area contributed by atoms with Crippen molar-refractivity contribution in [1.29, 1.82) is 0 Å². The van der Waals surface area contributed by atoms with Crippen LogP contribution in [0.25, 0.3) is 11.4 Å². The van der Waals surface area contributed by atoms with Crippen LogP contribution in [0.1, 0.15) is 5.56 Å². The Bertz CT molecular complexity index is 878. The Hall–Kier alpha value is -2.88. The first-order chi connectivity index (χ1) is 10.5. The third-order valence-corrected chi connectivity index (χ3v) is 3.60. The highest BCUT2D eigenvalue weighted by molar-refractivity contribution is 7.71. The van der Waals surface area contributed by atoms with Gasteiger partial charge in [0.2, 0.25) is 5.82 Å². The molecule has 0 bridgehead atoms. The van der Waals surface area contributed by atoms with Crippen molar-refractivity contribution in [3.05, 3.63) is 50.8 Å². The lowest BCUT2D eigenvalue weighted by Gasteiger charge is -1.98. The van der Waals surface area contributed by atoms with E-state index in [1.54, 1.807) is 30.1 Å². The summed E-state index contributed by atoms with van der Waals surface area (Å²) < 4.78 is 2.27. The van der Waals surface area contributed by atoms with Crippen LogP contribution in [-0.4, -0.2) is 34.9 Å². The first kappa shape index (κ1) is 14.1. The van der Waals surface area contributed by atoms with Gasteiger partial charge in [-0.15, -0.1) is 10.2 Å². The molecule has 9 nitrogen and oxygen atoms in total.